The van der Waals surface area contributed by atoms with Crippen molar-refractivity contribution < 1.29 is 12.3 Å². The molecule has 1 aliphatic rings. The lowest BCUT2D eigenvalue weighted by Gasteiger charge is -2.43. The fourth-order valence-electron chi connectivity index (χ4n) is 3.11. The van der Waals surface area contributed by atoms with E-state index < -0.39 is 33.8 Å². The maximum Gasteiger partial charge on any atom is 0.469 e. The van der Waals surface area contributed by atoms with Crippen molar-refractivity contribution in [3.63, 3.8) is 0 Å². The van der Waals surface area contributed by atoms with Crippen LogP contribution in [0.15, 0.2) is 12.2 Å². The van der Waals surface area contributed by atoms with Gasteiger partial charge in [0, 0.05) is 6.04 Å². The molecule has 0 N–H and O–H groups in total. The summed E-state index contributed by atoms with van der Waals surface area (Å²) in [6.07, 6.45) is 9.56. The lowest BCUT2D eigenvalue weighted by atomic mass is 9.92. The van der Waals surface area contributed by atoms with E-state index in [2.05, 4.69) is 71.1 Å². The zero-order valence-electron chi connectivity index (χ0n) is 17.5. The Kier molecular flexibility index (Phi) is 7.93. The molecule has 0 aliphatic heterocycles. The fourth-order valence-corrected chi connectivity index (χ4v) is 17.9. The molecular weight excluding hydrogens is 365 g/mol. The maximum absolute atomic E-state index is 6.75. The predicted octanol–water partition coefficient (Wildman–Crippen LogP) is 6.23. The van der Waals surface area contributed by atoms with Crippen LogP contribution in [0.3, 0.4) is 0 Å². The van der Waals surface area contributed by atoms with Crippen LogP contribution in [-0.2, 0) is 12.3 Å². The number of rotatable bonds is 9. The minimum atomic E-state index is -2.62. The Morgan fingerprint density at radius 1 is 0.750 bits per heavy atom. The molecule has 0 amide bonds. The van der Waals surface area contributed by atoms with Gasteiger partial charge in [0.05, 0.1) is 0 Å². The van der Waals surface area contributed by atoms with E-state index in [1.807, 2.05) is 0 Å². The third-order valence-electron chi connectivity index (χ3n) is 3.62. The van der Waals surface area contributed by atoms with Gasteiger partial charge in [-0.05, 0) is 90.5 Å². The topological polar surface area (TPSA) is 27.7 Å². The van der Waals surface area contributed by atoms with E-state index in [-0.39, 0.29) is 0 Å². The van der Waals surface area contributed by atoms with Crippen LogP contribution in [0.25, 0.3) is 0 Å². The van der Waals surface area contributed by atoms with Gasteiger partial charge in [0.15, 0.2) is 25.0 Å². The van der Waals surface area contributed by atoms with Gasteiger partial charge in [-0.25, -0.2) is 0 Å². The molecular formula is C17H40O3Si4. The van der Waals surface area contributed by atoms with Gasteiger partial charge in [0.1, 0.15) is 0 Å². The van der Waals surface area contributed by atoms with Gasteiger partial charge in [-0.1, -0.05) is 12.2 Å². The highest BCUT2D eigenvalue weighted by molar-refractivity contribution is 6.90. The monoisotopic (exact) mass is 404 g/mol. The molecule has 0 bridgehead atoms. The van der Waals surface area contributed by atoms with Crippen LogP contribution in [-0.4, -0.2) is 33.8 Å². The summed E-state index contributed by atoms with van der Waals surface area (Å²) in [6.45, 7) is 20.4. The van der Waals surface area contributed by atoms with Crippen molar-refractivity contribution in [1.29, 1.82) is 0 Å². The Morgan fingerprint density at radius 3 is 1.54 bits per heavy atom. The van der Waals surface area contributed by atoms with Crippen LogP contribution < -0.4 is 0 Å². The first-order valence-corrected chi connectivity index (χ1v) is 21.6. The van der Waals surface area contributed by atoms with Gasteiger partial charge < -0.3 is 12.3 Å². The van der Waals surface area contributed by atoms with Gasteiger partial charge in [-0.15, -0.1) is 0 Å². The van der Waals surface area contributed by atoms with Crippen LogP contribution in [0.5, 0.6) is 0 Å². The van der Waals surface area contributed by atoms with Crippen LogP contribution in [0, 0.1) is 5.92 Å². The Morgan fingerprint density at radius 2 is 1.21 bits per heavy atom. The van der Waals surface area contributed by atoms with Crippen molar-refractivity contribution in [2.24, 2.45) is 5.92 Å². The first-order valence-electron chi connectivity index (χ1n) is 9.45. The molecule has 24 heavy (non-hydrogen) atoms. The van der Waals surface area contributed by atoms with Crippen LogP contribution in [0.1, 0.15) is 25.7 Å². The zero-order chi connectivity index (χ0) is 18.6. The van der Waals surface area contributed by atoms with Crippen molar-refractivity contribution in [1.82, 2.24) is 0 Å². The second-order valence-electron chi connectivity index (χ2n) is 10.0. The molecule has 0 aromatic heterocycles. The third kappa shape index (κ3) is 9.84. The number of allylic oxidation sites excluding steroid dienone is 2. The third-order valence-corrected chi connectivity index (χ3v) is 15.6. The SMILES string of the molecule is C[Si](C)(C)O[Si](CCC1CC=CCC1)(O[Si](C)(C)C)O[Si](C)(C)C. The van der Waals surface area contributed by atoms with Gasteiger partial charge in [0.2, 0.25) is 0 Å². The first kappa shape index (κ1) is 22.5. The smallest absolute Gasteiger partial charge is 0.417 e. The molecule has 0 radical (unpaired) electrons. The highest BCUT2D eigenvalue weighted by atomic mass is 28.5. The minimum absolute atomic E-state index is 0.766. The van der Waals surface area contributed by atoms with E-state index in [9.17, 15) is 0 Å². The van der Waals surface area contributed by atoms with Gasteiger partial charge >= 0.3 is 8.80 Å². The fraction of sp³-hybridized carbons (Fsp3) is 0.882. The lowest BCUT2D eigenvalue weighted by molar-refractivity contribution is 0.245. The van der Waals surface area contributed by atoms with E-state index in [0.29, 0.717) is 0 Å². The maximum atomic E-state index is 6.75. The standard InChI is InChI=1S/C17H40O3Si4/c1-21(2,3)18-24(19-22(4,5)6,20-23(7,8)9)16-15-17-13-11-10-12-14-17/h10-11,17H,12-16H2,1-9H3. The van der Waals surface area contributed by atoms with Gasteiger partial charge in [-0.3, -0.25) is 0 Å². The van der Waals surface area contributed by atoms with E-state index in [0.717, 1.165) is 12.0 Å². The molecule has 1 atom stereocenters. The Hall–Kier alpha value is 0.488. The average Bonchev–Trinajstić information content (AvgIpc) is 2.31. The number of hydrogen-bond donors (Lipinski definition) is 0. The summed E-state index contributed by atoms with van der Waals surface area (Å²) in [6, 6.07) is 0.990. The lowest BCUT2D eigenvalue weighted by Crippen LogP contribution is -2.60. The van der Waals surface area contributed by atoms with Crippen LogP contribution in [0.2, 0.25) is 65.0 Å². The first-order chi connectivity index (χ1) is 10.7. The molecule has 0 heterocycles. The summed E-state index contributed by atoms with van der Waals surface area (Å²) in [5.41, 5.74) is 0. The van der Waals surface area contributed by atoms with Crippen molar-refractivity contribution in [3.8, 4) is 0 Å². The molecule has 7 heteroatoms. The van der Waals surface area contributed by atoms with Crippen LogP contribution in [0.4, 0.5) is 0 Å². The van der Waals surface area contributed by atoms with Crippen molar-refractivity contribution >= 4 is 33.8 Å². The average molecular weight is 405 g/mol. The highest BCUT2D eigenvalue weighted by Gasteiger charge is 2.49. The Bertz CT molecular complexity index is 378. The molecule has 0 spiro atoms. The van der Waals surface area contributed by atoms with E-state index in [4.69, 9.17) is 12.3 Å². The molecule has 1 rings (SSSR count). The number of hydrogen-bond acceptors (Lipinski definition) is 3. The van der Waals surface area contributed by atoms with E-state index in [1.54, 1.807) is 0 Å². The summed E-state index contributed by atoms with van der Waals surface area (Å²) >= 11 is 0. The summed E-state index contributed by atoms with van der Waals surface area (Å²) in [4.78, 5) is 0. The Balaban J connectivity index is 3.00. The molecule has 3 nitrogen and oxygen atoms in total. The molecule has 0 aromatic carbocycles. The van der Waals surface area contributed by atoms with Crippen molar-refractivity contribution in [3.05, 3.63) is 12.2 Å². The van der Waals surface area contributed by atoms with E-state index in [1.165, 1.54) is 25.7 Å². The highest BCUT2D eigenvalue weighted by Crippen LogP contribution is 2.33. The van der Waals surface area contributed by atoms with Crippen LogP contribution >= 0.6 is 0 Å². The van der Waals surface area contributed by atoms with Crippen molar-refractivity contribution in [2.75, 3.05) is 0 Å². The van der Waals surface area contributed by atoms with Gasteiger partial charge in [0.25, 0.3) is 0 Å². The zero-order valence-corrected chi connectivity index (χ0v) is 21.5. The normalized spacial score (nSPS) is 20.5. The summed E-state index contributed by atoms with van der Waals surface area (Å²) < 4.78 is 20.3. The molecule has 0 saturated carbocycles. The molecule has 0 saturated heterocycles. The quantitative estimate of drug-likeness (QED) is 0.337. The second-order valence-corrected chi connectivity index (χ2v) is 27.0. The molecule has 142 valence electrons. The summed E-state index contributed by atoms with van der Waals surface area (Å²) in [5, 5.41) is 0. The second kappa shape index (κ2) is 8.45. The van der Waals surface area contributed by atoms with E-state index >= 15 is 0 Å². The van der Waals surface area contributed by atoms with Gasteiger partial charge in [-0.2, -0.15) is 0 Å². The molecule has 0 fully saturated rings. The molecule has 0 aromatic rings. The summed E-state index contributed by atoms with van der Waals surface area (Å²) in [7, 11) is -7.83. The molecule has 1 unspecified atom stereocenters. The largest absolute Gasteiger partial charge is 0.469 e. The summed E-state index contributed by atoms with van der Waals surface area (Å²) in [5.74, 6) is 0.766. The van der Waals surface area contributed by atoms with Crippen molar-refractivity contribution in [2.45, 2.75) is 90.7 Å². The Labute approximate surface area is 154 Å². The predicted molar refractivity (Wildman–Crippen MR) is 115 cm³/mol. The molecule has 1 aliphatic carbocycles. The minimum Gasteiger partial charge on any atom is -0.417 e.